The Balaban J connectivity index is 1.80. The van der Waals surface area contributed by atoms with Crippen molar-refractivity contribution in [3.05, 3.63) is 71.9 Å². The van der Waals surface area contributed by atoms with E-state index in [0.29, 0.717) is 28.8 Å². The summed E-state index contributed by atoms with van der Waals surface area (Å²) in [4.78, 5) is 10.3. The molecule has 0 bridgehead atoms. The molecule has 0 aliphatic heterocycles. The quantitative estimate of drug-likeness (QED) is 0.469. The predicted octanol–water partition coefficient (Wildman–Crippen LogP) is 2.93. The van der Waals surface area contributed by atoms with Crippen molar-refractivity contribution in [2.45, 2.75) is 6.54 Å². The summed E-state index contributed by atoms with van der Waals surface area (Å²) in [5.74, 6) is -0.569. The molecule has 0 fully saturated rings. The standard InChI is InChI=1S/C22H16FN9/c1-31-16(8-10-27-31)17-19(15-7-4-5-13(11-24)18(15)23)28-22(25)21-20(17)29-32(30-21)12-14-6-2-3-9-26-14/h2-10H,12H2,1H3,(H2,25,28). The minimum Gasteiger partial charge on any atom is -0.382 e. The van der Waals surface area contributed by atoms with E-state index in [9.17, 15) is 5.26 Å². The number of nitrogens with zero attached hydrogens (tertiary/aromatic N) is 8. The number of aryl methyl sites for hydroxylation is 1. The fraction of sp³-hybridized carbons (Fsp3) is 0.0909. The van der Waals surface area contributed by atoms with Crippen LogP contribution in [-0.4, -0.2) is 34.7 Å². The van der Waals surface area contributed by atoms with Crippen molar-refractivity contribution in [3.8, 4) is 28.6 Å². The van der Waals surface area contributed by atoms with Gasteiger partial charge in [-0.3, -0.25) is 9.67 Å². The van der Waals surface area contributed by atoms with Gasteiger partial charge in [-0.2, -0.15) is 20.3 Å². The van der Waals surface area contributed by atoms with Crippen LogP contribution in [-0.2, 0) is 13.6 Å². The molecule has 0 amide bonds. The smallest absolute Gasteiger partial charge is 0.156 e. The Labute approximate surface area is 181 Å². The lowest BCUT2D eigenvalue weighted by atomic mass is 9.99. The number of pyridine rings is 2. The zero-order valence-corrected chi connectivity index (χ0v) is 16.9. The third kappa shape index (κ3) is 3.13. The molecule has 0 aliphatic carbocycles. The monoisotopic (exact) mass is 425 g/mol. The van der Waals surface area contributed by atoms with Gasteiger partial charge in [0.15, 0.2) is 11.3 Å². The molecule has 4 aromatic heterocycles. The largest absolute Gasteiger partial charge is 0.382 e. The third-order valence-electron chi connectivity index (χ3n) is 5.08. The average molecular weight is 425 g/mol. The molecule has 156 valence electrons. The van der Waals surface area contributed by atoms with Gasteiger partial charge < -0.3 is 5.73 Å². The molecule has 5 aromatic rings. The number of aromatic nitrogens is 7. The van der Waals surface area contributed by atoms with E-state index in [-0.39, 0.29) is 22.6 Å². The summed E-state index contributed by atoms with van der Waals surface area (Å²) in [7, 11) is 1.77. The van der Waals surface area contributed by atoms with Gasteiger partial charge in [0.05, 0.1) is 28.2 Å². The van der Waals surface area contributed by atoms with Crippen LogP contribution in [0.4, 0.5) is 10.2 Å². The van der Waals surface area contributed by atoms with E-state index in [1.807, 2.05) is 24.3 Å². The topological polar surface area (TPSA) is 124 Å². The van der Waals surface area contributed by atoms with Crippen LogP contribution in [0.25, 0.3) is 33.5 Å². The van der Waals surface area contributed by atoms with Gasteiger partial charge in [-0.25, -0.2) is 9.37 Å². The van der Waals surface area contributed by atoms with Crippen LogP contribution >= 0.6 is 0 Å². The van der Waals surface area contributed by atoms with Crippen molar-refractivity contribution < 1.29 is 4.39 Å². The van der Waals surface area contributed by atoms with Crippen LogP contribution in [0.3, 0.4) is 0 Å². The van der Waals surface area contributed by atoms with Crippen molar-refractivity contribution in [1.82, 2.24) is 34.7 Å². The number of benzene rings is 1. The maximum absolute atomic E-state index is 15.1. The summed E-state index contributed by atoms with van der Waals surface area (Å²) in [5, 5.41) is 22.7. The summed E-state index contributed by atoms with van der Waals surface area (Å²) >= 11 is 0. The van der Waals surface area contributed by atoms with E-state index in [4.69, 9.17) is 5.73 Å². The van der Waals surface area contributed by atoms with Crippen molar-refractivity contribution >= 4 is 16.9 Å². The fourth-order valence-corrected chi connectivity index (χ4v) is 3.60. The zero-order valence-electron chi connectivity index (χ0n) is 16.9. The second-order valence-corrected chi connectivity index (χ2v) is 7.09. The molecule has 10 heteroatoms. The van der Waals surface area contributed by atoms with E-state index in [2.05, 4.69) is 25.3 Å². The highest BCUT2D eigenvalue weighted by Gasteiger charge is 2.24. The van der Waals surface area contributed by atoms with E-state index in [1.165, 1.54) is 10.9 Å². The Hall–Kier alpha value is -4.65. The van der Waals surface area contributed by atoms with Crippen LogP contribution in [0, 0.1) is 17.1 Å². The average Bonchev–Trinajstić information content (AvgIpc) is 3.41. The number of anilines is 1. The van der Waals surface area contributed by atoms with E-state index < -0.39 is 5.82 Å². The number of halogens is 1. The summed E-state index contributed by atoms with van der Waals surface area (Å²) in [6.45, 7) is 0.327. The second kappa shape index (κ2) is 7.55. The summed E-state index contributed by atoms with van der Waals surface area (Å²) in [6.07, 6.45) is 3.32. The van der Waals surface area contributed by atoms with Crippen LogP contribution in [0.2, 0.25) is 0 Å². The van der Waals surface area contributed by atoms with E-state index in [0.717, 1.165) is 5.69 Å². The predicted molar refractivity (Wildman–Crippen MR) is 115 cm³/mol. The van der Waals surface area contributed by atoms with Crippen LogP contribution in [0.15, 0.2) is 54.9 Å². The molecule has 0 radical (unpaired) electrons. The Morgan fingerprint density at radius 3 is 2.62 bits per heavy atom. The summed E-state index contributed by atoms with van der Waals surface area (Å²) in [6, 6.07) is 13.8. The number of fused-ring (bicyclic) bond motifs is 1. The molecule has 0 atom stereocenters. The highest BCUT2D eigenvalue weighted by molar-refractivity contribution is 6.02. The fourth-order valence-electron chi connectivity index (χ4n) is 3.60. The Morgan fingerprint density at radius 1 is 1.06 bits per heavy atom. The first-order valence-electron chi connectivity index (χ1n) is 9.68. The van der Waals surface area contributed by atoms with Gasteiger partial charge in [-0.15, -0.1) is 5.10 Å². The lowest BCUT2D eigenvalue weighted by molar-refractivity contribution is 0.591. The number of nitrogen functional groups attached to an aromatic ring is 1. The molecule has 32 heavy (non-hydrogen) atoms. The van der Waals surface area contributed by atoms with Gasteiger partial charge in [-0.1, -0.05) is 12.1 Å². The molecule has 0 spiro atoms. The Morgan fingerprint density at radius 2 is 1.91 bits per heavy atom. The first kappa shape index (κ1) is 19.3. The SMILES string of the molecule is Cn1nccc1-c1c(-c2cccc(C#N)c2F)nc(N)c2nn(Cc3ccccn3)nc12. The summed E-state index contributed by atoms with van der Waals surface area (Å²) < 4.78 is 16.8. The molecule has 0 saturated heterocycles. The number of rotatable bonds is 4. The first-order valence-corrected chi connectivity index (χ1v) is 9.68. The molecule has 0 aliphatic rings. The molecule has 5 rings (SSSR count). The number of hydrogen-bond donors (Lipinski definition) is 1. The van der Waals surface area contributed by atoms with E-state index in [1.54, 1.807) is 42.3 Å². The minimum absolute atomic E-state index is 0.0854. The number of hydrogen-bond acceptors (Lipinski definition) is 7. The van der Waals surface area contributed by atoms with Gasteiger partial charge in [0.1, 0.15) is 23.9 Å². The summed E-state index contributed by atoms with van der Waals surface area (Å²) in [5.41, 5.74) is 9.34. The number of nitriles is 1. The lowest BCUT2D eigenvalue weighted by Gasteiger charge is -2.12. The maximum atomic E-state index is 15.1. The third-order valence-corrected chi connectivity index (χ3v) is 5.08. The van der Waals surface area contributed by atoms with Crippen molar-refractivity contribution in [2.24, 2.45) is 7.05 Å². The first-order chi connectivity index (χ1) is 15.6. The van der Waals surface area contributed by atoms with Crippen molar-refractivity contribution in [2.75, 3.05) is 5.73 Å². The van der Waals surface area contributed by atoms with Crippen LogP contribution in [0.5, 0.6) is 0 Å². The second-order valence-electron chi connectivity index (χ2n) is 7.09. The highest BCUT2D eigenvalue weighted by atomic mass is 19.1. The molecule has 9 nitrogen and oxygen atoms in total. The van der Waals surface area contributed by atoms with Gasteiger partial charge in [0, 0.05) is 25.0 Å². The Bertz CT molecular complexity index is 1500. The molecular weight excluding hydrogens is 409 g/mol. The van der Waals surface area contributed by atoms with Crippen molar-refractivity contribution in [3.63, 3.8) is 0 Å². The number of nitrogens with two attached hydrogens (primary N) is 1. The molecule has 0 unspecified atom stereocenters. The van der Waals surface area contributed by atoms with Gasteiger partial charge in [0.2, 0.25) is 0 Å². The maximum Gasteiger partial charge on any atom is 0.156 e. The van der Waals surface area contributed by atoms with Crippen molar-refractivity contribution in [1.29, 1.82) is 5.26 Å². The van der Waals surface area contributed by atoms with Crippen LogP contribution < -0.4 is 5.73 Å². The van der Waals surface area contributed by atoms with E-state index >= 15 is 4.39 Å². The van der Waals surface area contributed by atoms with Gasteiger partial charge in [-0.05, 0) is 30.3 Å². The normalized spacial score (nSPS) is 11.0. The van der Waals surface area contributed by atoms with Gasteiger partial charge in [0.25, 0.3) is 0 Å². The minimum atomic E-state index is -0.675. The molecule has 2 N–H and O–H groups in total. The molecule has 1 aromatic carbocycles. The highest BCUT2D eigenvalue weighted by Crippen LogP contribution is 2.38. The zero-order chi connectivity index (χ0) is 22.2. The molecular formula is C22H16FN9. The van der Waals surface area contributed by atoms with Crippen LogP contribution in [0.1, 0.15) is 11.3 Å². The van der Waals surface area contributed by atoms with Gasteiger partial charge >= 0.3 is 0 Å². The Kier molecular flexibility index (Phi) is 4.56. The molecule has 4 heterocycles. The lowest BCUT2D eigenvalue weighted by Crippen LogP contribution is -2.05. The molecule has 0 saturated carbocycles.